The number of ether oxygens (including phenoxy) is 1. The van der Waals surface area contributed by atoms with Gasteiger partial charge in [0.15, 0.2) is 11.6 Å². The third kappa shape index (κ3) is 3.81. The molecule has 0 radical (unpaired) electrons. The van der Waals surface area contributed by atoms with Gasteiger partial charge in [-0.05, 0) is 37.6 Å². The summed E-state index contributed by atoms with van der Waals surface area (Å²) < 4.78 is 18.1. The topological polar surface area (TPSA) is 50.4 Å². The number of rotatable bonds is 5. The fourth-order valence-electron chi connectivity index (χ4n) is 2.14. The van der Waals surface area contributed by atoms with Gasteiger partial charge in [0.1, 0.15) is 0 Å². The monoisotopic (exact) mass is 278 g/mol. The second-order valence-electron chi connectivity index (χ2n) is 4.67. The molecule has 4 nitrogen and oxygen atoms in total. The molecule has 1 aromatic rings. The summed E-state index contributed by atoms with van der Waals surface area (Å²) in [4.78, 5) is 11.9. The first-order chi connectivity index (χ1) is 9.70. The van der Waals surface area contributed by atoms with Gasteiger partial charge in [-0.25, -0.2) is 4.39 Å². The molecule has 0 aliphatic carbocycles. The molecule has 0 saturated carbocycles. The van der Waals surface area contributed by atoms with E-state index in [1.807, 2.05) is 0 Å². The minimum Gasteiger partial charge on any atom is -0.494 e. The predicted molar refractivity (Wildman–Crippen MR) is 75.5 cm³/mol. The highest BCUT2D eigenvalue weighted by Gasteiger charge is 2.10. The van der Waals surface area contributed by atoms with Gasteiger partial charge in [0.25, 0.3) is 5.91 Å². The van der Waals surface area contributed by atoms with Crippen molar-refractivity contribution in [2.24, 2.45) is 0 Å². The standard InChI is InChI=1S/C15H19FN2O2/c1-20-14-10-12(2-3-13(14)16)15(19)18-9-6-11-4-7-17-8-5-11/h2-4,10,17H,5-9H2,1H3,(H,18,19). The van der Waals surface area contributed by atoms with Crippen LogP contribution < -0.4 is 15.4 Å². The molecule has 1 aromatic carbocycles. The number of amides is 1. The molecule has 20 heavy (non-hydrogen) atoms. The molecule has 1 aliphatic heterocycles. The Morgan fingerprint density at radius 2 is 2.35 bits per heavy atom. The maximum Gasteiger partial charge on any atom is 0.251 e. The van der Waals surface area contributed by atoms with E-state index in [0.717, 1.165) is 25.9 Å². The summed E-state index contributed by atoms with van der Waals surface area (Å²) >= 11 is 0. The molecule has 2 N–H and O–H groups in total. The molecule has 0 spiro atoms. The molecule has 0 aromatic heterocycles. The van der Waals surface area contributed by atoms with Gasteiger partial charge in [-0.3, -0.25) is 4.79 Å². The summed E-state index contributed by atoms with van der Waals surface area (Å²) in [5, 5.41) is 6.08. The lowest BCUT2D eigenvalue weighted by Crippen LogP contribution is -2.26. The van der Waals surface area contributed by atoms with Crippen LogP contribution in [-0.2, 0) is 0 Å². The van der Waals surface area contributed by atoms with Crippen LogP contribution >= 0.6 is 0 Å². The number of nitrogens with one attached hydrogen (secondary N) is 2. The highest BCUT2D eigenvalue weighted by atomic mass is 19.1. The molecule has 0 bridgehead atoms. The van der Waals surface area contributed by atoms with Crippen molar-refractivity contribution < 1.29 is 13.9 Å². The molecular formula is C15H19FN2O2. The Balaban J connectivity index is 1.86. The molecule has 2 rings (SSSR count). The highest BCUT2D eigenvalue weighted by molar-refractivity contribution is 5.94. The number of carbonyl (C=O) groups is 1. The zero-order valence-corrected chi connectivity index (χ0v) is 11.5. The fraction of sp³-hybridized carbons (Fsp3) is 0.400. The number of benzene rings is 1. The SMILES string of the molecule is COc1cc(C(=O)NCCC2=CCNCC2)ccc1F. The summed E-state index contributed by atoms with van der Waals surface area (Å²) in [5.74, 6) is -0.597. The van der Waals surface area contributed by atoms with E-state index in [0.29, 0.717) is 12.1 Å². The van der Waals surface area contributed by atoms with Crippen molar-refractivity contribution in [1.29, 1.82) is 0 Å². The van der Waals surface area contributed by atoms with Crippen LogP contribution in [0.5, 0.6) is 5.75 Å². The van der Waals surface area contributed by atoms with Gasteiger partial charge in [0.05, 0.1) is 7.11 Å². The van der Waals surface area contributed by atoms with Crippen LogP contribution in [0.2, 0.25) is 0 Å². The summed E-state index contributed by atoms with van der Waals surface area (Å²) in [5.41, 5.74) is 1.77. The lowest BCUT2D eigenvalue weighted by Gasteiger charge is -2.14. The Hall–Kier alpha value is -1.88. The summed E-state index contributed by atoms with van der Waals surface area (Å²) in [6, 6.07) is 4.11. The fourth-order valence-corrected chi connectivity index (χ4v) is 2.14. The highest BCUT2D eigenvalue weighted by Crippen LogP contribution is 2.18. The molecule has 0 unspecified atom stereocenters. The third-order valence-corrected chi connectivity index (χ3v) is 3.30. The van der Waals surface area contributed by atoms with E-state index in [1.165, 1.54) is 30.9 Å². The quantitative estimate of drug-likeness (QED) is 0.809. The van der Waals surface area contributed by atoms with Crippen molar-refractivity contribution in [2.75, 3.05) is 26.7 Å². The van der Waals surface area contributed by atoms with Crippen molar-refractivity contribution >= 4 is 5.91 Å². The van der Waals surface area contributed by atoms with Gasteiger partial charge in [0, 0.05) is 18.7 Å². The average molecular weight is 278 g/mol. The van der Waals surface area contributed by atoms with Crippen LogP contribution in [0.3, 0.4) is 0 Å². The van der Waals surface area contributed by atoms with Gasteiger partial charge in [-0.2, -0.15) is 0 Å². The molecule has 0 atom stereocenters. The van der Waals surface area contributed by atoms with E-state index in [2.05, 4.69) is 16.7 Å². The maximum absolute atomic E-state index is 13.3. The lowest BCUT2D eigenvalue weighted by molar-refractivity contribution is 0.0953. The number of methoxy groups -OCH3 is 1. The zero-order chi connectivity index (χ0) is 14.4. The van der Waals surface area contributed by atoms with E-state index in [4.69, 9.17) is 4.74 Å². The maximum atomic E-state index is 13.3. The number of halogens is 1. The van der Waals surface area contributed by atoms with Gasteiger partial charge >= 0.3 is 0 Å². The normalized spacial score (nSPS) is 14.6. The van der Waals surface area contributed by atoms with E-state index in [9.17, 15) is 9.18 Å². The molecule has 5 heteroatoms. The Bertz CT molecular complexity index is 515. The Morgan fingerprint density at radius 3 is 3.05 bits per heavy atom. The summed E-state index contributed by atoms with van der Waals surface area (Å²) in [6.07, 6.45) is 4.04. The van der Waals surface area contributed by atoms with E-state index >= 15 is 0 Å². The predicted octanol–water partition coefficient (Wildman–Crippen LogP) is 1.87. The summed E-state index contributed by atoms with van der Waals surface area (Å²) in [7, 11) is 1.38. The average Bonchev–Trinajstić information content (AvgIpc) is 2.48. The molecular weight excluding hydrogens is 259 g/mol. The van der Waals surface area contributed by atoms with Crippen LogP contribution in [0.1, 0.15) is 23.2 Å². The number of hydrogen-bond donors (Lipinski definition) is 2. The van der Waals surface area contributed by atoms with Gasteiger partial charge in [-0.1, -0.05) is 11.6 Å². The van der Waals surface area contributed by atoms with E-state index in [1.54, 1.807) is 0 Å². The minimum atomic E-state index is -0.469. The van der Waals surface area contributed by atoms with Crippen LogP contribution in [0.15, 0.2) is 29.8 Å². The first kappa shape index (κ1) is 14.5. The third-order valence-electron chi connectivity index (χ3n) is 3.30. The molecule has 1 amide bonds. The molecule has 1 aliphatic rings. The first-order valence-electron chi connectivity index (χ1n) is 6.71. The van der Waals surface area contributed by atoms with Gasteiger partial charge in [0.2, 0.25) is 0 Å². The van der Waals surface area contributed by atoms with E-state index < -0.39 is 5.82 Å². The Kier molecular flexibility index (Phi) is 5.12. The van der Waals surface area contributed by atoms with Crippen LogP contribution in [-0.4, -0.2) is 32.7 Å². The molecule has 108 valence electrons. The smallest absolute Gasteiger partial charge is 0.251 e. The second-order valence-corrected chi connectivity index (χ2v) is 4.67. The largest absolute Gasteiger partial charge is 0.494 e. The number of carbonyl (C=O) groups excluding carboxylic acids is 1. The minimum absolute atomic E-state index is 0.0821. The first-order valence-corrected chi connectivity index (χ1v) is 6.71. The van der Waals surface area contributed by atoms with Gasteiger partial charge in [-0.15, -0.1) is 0 Å². The van der Waals surface area contributed by atoms with Crippen LogP contribution in [0, 0.1) is 5.82 Å². The molecule has 0 fully saturated rings. The van der Waals surface area contributed by atoms with Crippen molar-refractivity contribution in [3.8, 4) is 5.75 Å². The Morgan fingerprint density at radius 1 is 1.50 bits per heavy atom. The van der Waals surface area contributed by atoms with Gasteiger partial charge < -0.3 is 15.4 Å². The number of hydrogen-bond acceptors (Lipinski definition) is 3. The van der Waals surface area contributed by atoms with Crippen LogP contribution in [0.25, 0.3) is 0 Å². The Labute approximate surface area is 118 Å². The second kappa shape index (κ2) is 7.05. The van der Waals surface area contributed by atoms with E-state index in [-0.39, 0.29) is 11.7 Å². The molecule has 0 saturated heterocycles. The van der Waals surface area contributed by atoms with Crippen molar-refractivity contribution in [3.63, 3.8) is 0 Å². The van der Waals surface area contributed by atoms with Crippen molar-refractivity contribution in [2.45, 2.75) is 12.8 Å². The van der Waals surface area contributed by atoms with Crippen LogP contribution in [0.4, 0.5) is 4.39 Å². The summed E-state index contributed by atoms with van der Waals surface area (Å²) in [6.45, 7) is 2.48. The lowest BCUT2D eigenvalue weighted by atomic mass is 10.1. The molecule has 1 heterocycles. The zero-order valence-electron chi connectivity index (χ0n) is 11.5. The van der Waals surface area contributed by atoms with Crippen molar-refractivity contribution in [1.82, 2.24) is 10.6 Å². The van der Waals surface area contributed by atoms with Crippen molar-refractivity contribution in [3.05, 3.63) is 41.2 Å².